The number of thiophene rings is 1. The first-order valence-electron chi connectivity index (χ1n) is 22.1. The molecule has 0 atom stereocenters. The lowest BCUT2D eigenvalue weighted by molar-refractivity contribution is 1.18. The fraction of sp³-hybridized carbons (Fsp3) is 0. The summed E-state index contributed by atoms with van der Waals surface area (Å²) in [7, 11) is 0. The molecule has 3 aromatic heterocycles. The molecule has 0 aliphatic heterocycles. The lowest BCUT2D eigenvalue weighted by Gasteiger charge is -2.26. The lowest BCUT2D eigenvalue weighted by atomic mass is 9.98. The molecule has 304 valence electrons. The molecule has 0 bridgehead atoms. The van der Waals surface area contributed by atoms with Crippen LogP contribution >= 0.6 is 11.3 Å². The van der Waals surface area contributed by atoms with Crippen LogP contribution < -0.4 is 4.90 Å². The van der Waals surface area contributed by atoms with Crippen molar-refractivity contribution in [1.29, 1.82) is 0 Å². The van der Waals surface area contributed by atoms with Gasteiger partial charge in [-0.15, -0.1) is 11.3 Å². The smallest absolute Gasteiger partial charge is 0.0788 e. The molecule has 0 aliphatic rings. The molecule has 0 saturated heterocycles. The maximum atomic E-state index is 5.34. The molecule has 4 heteroatoms. The van der Waals surface area contributed by atoms with E-state index < -0.39 is 0 Å². The van der Waals surface area contributed by atoms with Gasteiger partial charge in [-0.1, -0.05) is 158 Å². The molecule has 10 aromatic carbocycles. The topological polar surface area (TPSA) is 21.1 Å². The van der Waals surface area contributed by atoms with Crippen molar-refractivity contribution in [2.75, 3.05) is 4.90 Å². The fourth-order valence-electron chi connectivity index (χ4n) is 9.90. The number of para-hydroxylation sites is 3. The Morgan fingerprint density at radius 1 is 0.354 bits per heavy atom. The van der Waals surface area contributed by atoms with Crippen molar-refractivity contribution in [1.82, 2.24) is 9.55 Å². The zero-order chi connectivity index (χ0) is 42.8. The summed E-state index contributed by atoms with van der Waals surface area (Å²) in [6.07, 6.45) is 0. The van der Waals surface area contributed by atoms with E-state index >= 15 is 0 Å². The van der Waals surface area contributed by atoms with Crippen LogP contribution in [0.1, 0.15) is 0 Å². The SMILES string of the molecule is c1ccc(-c2ccc(N(c3ccc(-c4ccc5c(c4)c4ccccc4n5-c4ccccc4)cc3)c3ccc(-c4nc5ccccc5c5c4ccc4c6ccccc6sc45)cc3)cc2)cc1. The molecule has 3 nitrogen and oxygen atoms in total. The second-order valence-corrected chi connectivity index (χ2v) is 17.8. The Morgan fingerprint density at radius 3 is 1.60 bits per heavy atom. The standard InChI is InChI=1S/C61H39N3S/c1-3-13-40(14-4-1)41-23-30-46(31-24-41)63(47-32-25-42(26-33-47)44-29-38-57-54(39-44)49-17-8-11-21-56(49)64(57)45-15-5-2-6-16-45)48-34-27-43(28-35-48)60-53-37-36-51-50-18-9-12-22-58(50)65-61(51)59(53)52-19-7-10-20-55(52)62-60/h1-39H. The van der Waals surface area contributed by atoms with Gasteiger partial charge >= 0.3 is 0 Å². The van der Waals surface area contributed by atoms with Gasteiger partial charge < -0.3 is 9.47 Å². The third-order valence-corrected chi connectivity index (χ3v) is 14.2. The molecule has 13 aromatic rings. The Balaban J connectivity index is 0.911. The van der Waals surface area contributed by atoms with Crippen molar-refractivity contribution < 1.29 is 0 Å². The molecule has 0 radical (unpaired) electrons. The van der Waals surface area contributed by atoms with E-state index in [0.717, 1.165) is 39.5 Å². The van der Waals surface area contributed by atoms with E-state index in [9.17, 15) is 0 Å². The maximum Gasteiger partial charge on any atom is 0.0788 e. The number of rotatable bonds is 7. The Labute approximate surface area is 380 Å². The van der Waals surface area contributed by atoms with E-state index in [-0.39, 0.29) is 0 Å². The molecule has 3 heterocycles. The largest absolute Gasteiger partial charge is 0.311 e. The van der Waals surface area contributed by atoms with E-state index in [0.29, 0.717) is 0 Å². The van der Waals surface area contributed by atoms with E-state index in [1.807, 2.05) is 11.3 Å². The summed E-state index contributed by atoms with van der Waals surface area (Å²) in [5.41, 5.74) is 14.6. The second-order valence-electron chi connectivity index (χ2n) is 16.7. The van der Waals surface area contributed by atoms with Crippen LogP contribution in [0.5, 0.6) is 0 Å². The molecular weight excluding hydrogens is 807 g/mol. The number of anilines is 3. The summed E-state index contributed by atoms with van der Waals surface area (Å²) >= 11 is 1.88. The molecule has 0 spiro atoms. The number of hydrogen-bond donors (Lipinski definition) is 0. The van der Waals surface area contributed by atoms with Gasteiger partial charge in [0.1, 0.15) is 0 Å². The minimum atomic E-state index is 0.997. The van der Waals surface area contributed by atoms with E-state index in [1.54, 1.807) is 0 Å². The van der Waals surface area contributed by atoms with E-state index in [4.69, 9.17) is 4.98 Å². The third-order valence-electron chi connectivity index (χ3n) is 13.0. The van der Waals surface area contributed by atoms with Gasteiger partial charge in [0.25, 0.3) is 0 Å². The highest BCUT2D eigenvalue weighted by atomic mass is 32.1. The van der Waals surface area contributed by atoms with Gasteiger partial charge in [-0.05, 0) is 101 Å². The monoisotopic (exact) mass is 845 g/mol. The summed E-state index contributed by atoms with van der Waals surface area (Å²) in [4.78, 5) is 7.70. The zero-order valence-corrected chi connectivity index (χ0v) is 36.1. The molecule has 0 amide bonds. The van der Waals surface area contributed by atoms with Gasteiger partial charge in [-0.3, -0.25) is 0 Å². The fourth-order valence-corrected chi connectivity index (χ4v) is 11.2. The minimum absolute atomic E-state index is 0.997. The van der Waals surface area contributed by atoms with Crippen LogP contribution in [0.15, 0.2) is 237 Å². The average molecular weight is 846 g/mol. The molecule has 0 saturated carbocycles. The van der Waals surface area contributed by atoms with E-state index in [1.165, 1.54) is 80.4 Å². The van der Waals surface area contributed by atoms with Crippen LogP contribution in [0, 0.1) is 0 Å². The highest BCUT2D eigenvalue weighted by Crippen LogP contribution is 2.44. The number of aromatic nitrogens is 2. The first kappa shape index (κ1) is 37.3. The van der Waals surface area contributed by atoms with Gasteiger partial charge in [-0.2, -0.15) is 0 Å². The Kier molecular flexibility index (Phi) is 8.71. The lowest BCUT2D eigenvalue weighted by Crippen LogP contribution is -2.09. The third kappa shape index (κ3) is 6.22. The molecule has 0 unspecified atom stereocenters. The van der Waals surface area contributed by atoms with Crippen LogP contribution in [0.4, 0.5) is 17.1 Å². The molecule has 13 rings (SSSR count). The predicted molar refractivity (Wildman–Crippen MR) is 277 cm³/mol. The summed E-state index contributed by atoms with van der Waals surface area (Å²) in [6, 6.07) is 85.6. The average Bonchev–Trinajstić information content (AvgIpc) is 3.93. The number of pyridine rings is 1. The minimum Gasteiger partial charge on any atom is -0.311 e. The molecule has 0 N–H and O–H groups in total. The van der Waals surface area contributed by atoms with Crippen molar-refractivity contribution in [2.45, 2.75) is 0 Å². The Morgan fingerprint density at radius 2 is 0.877 bits per heavy atom. The van der Waals surface area contributed by atoms with Gasteiger partial charge in [0, 0.05) is 75.4 Å². The molecule has 65 heavy (non-hydrogen) atoms. The molecule has 0 fully saturated rings. The van der Waals surface area contributed by atoms with Gasteiger partial charge in [0.2, 0.25) is 0 Å². The van der Waals surface area contributed by atoms with Crippen LogP contribution in [0.25, 0.3) is 103 Å². The van der Waals surface area contributed by atoms with Crippen molar-refractivity contribution in [3.63, 3.8) is 0 Å². The Bertz CT molecular complexity index is 3910. The van der Waals surface area contributed by atoms with E-state index in [2.05, 4.69) is 246 Å². The molecular formula is C61H39N3S. The quantitative estimate of drug-likeness (QED) is 0.149. The molecule has 0 aliphatic carbocycles. The Hall–Kier alpha value is -8.31. The van der Waals surface area contributed by atoms with Crippen molar-refractivity contribution in [2.24, 2.45) is 0 Å². The maximum absolute atomic E-state index is 5.34. The number of nitrogens with zero attached hydrogens (tertiary/aromatic N) is 3. The summed E-state index contributed by atoms with van der Waals surface area (Å²) in [6.45, 7) is 0. The number of fused-ring (bicyclic) bond motifs is 10. The van der Waals surface area contributed by atoms with Crippen molar-refractivity contribution in [3.05, 3.63) is 237 Å². The number of benzene rings is 10. The van der Waals surface area contributed by atoms with Gasteiger partial charge in [0.05, 0.1) is 22.2 Å². The summed E-state index contributed by atoms with van der Waals surface area (Å²) < 4.78 is 4.99. The normalized spacial score (nSPS) is 11.7. The van der Waals surface area contributed by atoms with Gasteiger partial charge in [-0.25, -0.2) is 4.98 Å². The van der Waals surface area contributed by atoms with Crippen LogP contribution in [0.2, 0.25) is 0 Å². The first-order chi connectivity index (χ1) is 32.2. The summed E-state index contributed by atoms with van der Waals surface area (Å²) in [5.74, 6) is 0. The highest BCUT2D eigenvalue weighted by Gasteiger charge is 2.19. The zero-order valence-electron chi connectivity index (χ0n) is 35.3. The second kappa shape index (κ2) is 15.2. The van der Waals surface area contributed by atoms with Crippen LogP contribution in [-0.2, 0) is 0 Å². The van der Waals surface area contributed by atoms with Crippen molar-refractivity contribution in [3.8, 4) is 39.2 Å². The van der Waals surface area contributed by atoms with Gasteiger partial charge in [0.15, 0.2) is 0 Å². The predicted octanol–water partition coefficient (Wildman–Crippen LogP) is 17.3. The first-order valence-corrected chi connectivity index (χ1v) is 22.9. The highest BCUT2D eigenvalue weighted by molar-refractivity contribution is 7.26. The van der Waals surface area contributed by atoms with Crippen molar-refractivity contribution >= 4 is 92.1 Å². The van der Waals surface area contributed by atoms with Crippen LogP contribution in [0.3, 0.4) is 0 Å². The van der Waals surface area contributed by atoms with Crippen LogP contribution in [-0.4, -0.2) is 9.55 Å². The number of hydrogen-bond acceptors (Lipinski definition) is 3. The summed E-state index contributed by atoms with van der Waals surface area (Å²) in [5, 5.41) is 8.72.